The minimum atomic E-state index is -0.477. The van der Waals surface area contributed by atoms with Crippen LogP contribution in [0.3, 0.4) is 0 Å². The van der Waals surface area contributed by atoms with Gasteiger partial charge in [-0.25, -0.2) is 0 Å². The van der Waals surface area contributed by atoms with Gasteiger partial charge in [-0.3, -0.25) is 0 Å². The number of rotatable bonds is 1. The molecule has 1 rings (SSSR count). The first-order valence-electron chi connectivity index (χ1n) is 1.89. The van der Waals surface area contributed by atoms with Crippen molar-refractivity contribution in [1.82, 2.24) is 5.43 Å². The van der Waals surface area contributed by atoms with E-state index >= 15 is 0 Å². The number of hydrogen-bond donors (Lipinski definition) is 2. The topological polar surface area (TPSA) is 50.4 Å². The van der Waals surface area contributed by atoms with Crippen LogP contribution in [0.1, 0.15) is 0 Å². The summed E-state index contributed by atoms with van der Waals surface area (Å²) in [5.41, 5.74) is 3.50. The van der Waals surface area contributed by atoms with Gasteiger partial charge in [-0.2, -0.15) is 0 Å². The Morgan fingerprint density at radius 2 is 2.71 bits per heavy atom. The molecule has 0 aromatic heterocycles. The third-order valence-corrected chi connectivity index (χ3v) is 2.71. The van der Waals surface area contributed by atoms with Crippen LogP contribution in [-0.4, -0.2) is 28.1 Å². The second kappa shape index (κ2) is 2.33. The number of hydrogen-bond acceptors (Lipinski definition) is 3. The van der Waals surface area contributed by atoms with Gasteiger partial charge in [0.15, 0.2) is 0 Å². The molecule has 3 N–H and O–H groups in total. The SMILES string of the molecule is NNC1=[CH][SbH][N]=C1. The van der Waals surface area contributed by atoms with E-state index in [4.69, 9.17) is 5.84 Å². The van der Waals surface area contributed by atoms with Gasteiger partial charge in [-0.1, -0.05) is 0 Å². The number of nitrogens with one attached hydrogen (secondary N) is 1. The summed E-state index contributed by atoms with van der Waals surface area (Å²) in [4.78, 5) is 0. The summed E-state index contributed by atoms with van der Waals surface area (Å²) < 4.78 is 6.13. The predicted molar refractivity (Wildman–Crippen MR) is 31.0 cm³/mol. The van der Waals surface area contributed by atoms with E-state index in [1.54, 1.807) is 6.21 Å². The summed E-state index contributed by atoms with van der Waals surface area (Å²) in [6.07, 6.45) is 1.78. The van der Waals surface area contributed by atoms with E-state index in [1.165, 1.54) is 0 Å². The summed E-state index contributed by atoms with van der Waals surface area (Å²) in [6, 6.07) is 0. The molecule has 0 aliphatic carbocycles. The summed E-state index contributed by atoms with van der Waals surface area (Å²) >= 11 is -0.477. The first-order valence-corrected chi connectivity index (χ1v) is 4.81. The van der Waals surface area contributed by atoms with Gasteiger partial charge in [0.25, 0.3) is 0 Å². The molecule has 0 fully saturated rings. The van der Waals surface area contributed by atoms with Crippen LogP contribution in [0.15, 0.2) is 12.9 Å². The van der Waals surface area contributed by atoms with Crippen molar-refractivity contribution in [3.8, 4) is 0 Å². The molecule has 1 aliphatic rings. The van der Waals surface area contributed by atoms with E-state index in [0.29, 0.717) is 0 Å². The van der Waals surface area contributed by atoms with Crippen LogP contribution < -0.4 is 11.3 Å². The Kier molecular flexibility index (Phi) is 1.71. The van der Waals surface area contributed by atoms with Crippen LogP contribution in [0.25, 0.3) is 0 Å². The fraction of sp³-hybridized carbons (Fsp3) is 0. The summed E-state index contributed by atoms with van der Waals surface area (Å²) in [7, 11) is 0. The molecule has 0 saturated carbocycles. The van der Waals surface area contributed by atoms with Crippen molar-refractivity contribution in [1.29, 1.82) is 0 Å². The Morgan fingerprint density at radius 3 is 3.00 bits per heavy atom. The minimum absolute atomic E-state index is 0.477. The molecule has 1 aliphatic heterocycles. The molecular formula is C3H6N3Sb. The second-order valence-electron chi connectivity index (χ2n) is 1.13. The Labute approximate surface area is 52.5 Å². The van der Waals surface area contributed by atoms with Crippen LogP contribution in [0.4, 0.5) is 0 Å². The molecule has 0 unspecified atom stereocenters. The number of nitrogens with zero attached hydrogens (tertiary/aromatic N) is 1. The van der Waals surface area contributed by atoms with Crippen LogP contribution in [0.2, 0.25) is 0 Å². The van der Waals surface area contributed by atoms with E-state index in [2.05, 4.69) is 12.6 Å². The molecule has 0 spiro atoms. The number of allylic oxidation sites excluding steroid dienone is 1. The van der Waals surface area contributed by atoms with E-state index in [1.807, 2.05) is 0 Å². The van der Waals surface area contributed by atoms with Gasteiger partial charge in [0.05, 0.1) is 0 Å². The molecular weight excluding hydrogens is 200 g/mol. The fourth-order valence-electron chi connectivity index (χ4n) is 0.330. The molecule has 0 aromatic carbocycles. The fourth-order valence-corrected chi connectivity index (χ4v) is 2.00. The van der Waals surface area contributed by atoms with Gasteiger partial charge in [-0.05, 0) is 0 Å². The molecule has 0 aromatic rings. The maximum absolute atomic E-state index is 5.05. The third kappa shape index (κ3) is 1.18. The zero-order valence-electron chi connectivity index (χ0n) is 3.68. The van der Waals surface area contributed by atoms with Gasteiger partial charge in [0, 0.05) is 0 Å². The predicted octanol–water partition coefficient (Wildman–Crippen LogP) is -1.27. The average molecular weight is 206 g/mol. The molecule has 0 amide bonds. The van der Waals surface area contributed by atoms with Crippen LogP contribution in [0.5, 0.6) is 0 Å². The molecule has 0 saturated heterocycles. The Balaban J connectivity index is 2.52. The molecule has 4 heteroatoms. The van der Waals surface area contributed by atoms with Gasteiger partial charge >= 0.3 is 52.2 Å². The Bertz CT molecular complexity index is 117. The molecule has 3 nitrogen and oxygen atoms in total. The summed E-state index contributed by atoms with van der Waals surface area (Å²) in [6.45, 7) is 0. The van der Waals surface area contributed by atoms with Crippen molar-refractivity contribution in [2.75, 3.05) is 0 Å². The van der Waals surface area contributed by atoms with Crippen molar-refractivity contribution in [2.45, 2.75) is 0 Å². The summed E-state index contributed by atoms with van der Waals surface area (Å²) in [5, 5.41) is 0. The van der Waals surface area contributed by atoms with Crippen molar-refractivity contribution in [3.63, 3.8) is 0 Å². The van der Waals surface area contributed by atoms with Crippen LogP contribution >= 0.6 is 0 Å². The molecule has 0 radical (unpaired) electrons. The van der Waals surface area contributed by atoms with Crippen molar-refractivity contribution in [3.05, 3.63) is 9.72 Å². The van der Waals surface area contributed by atoms with E-state index in [9.17, 15) is 0 Å². The molecule has 38 valence electrons. The van der Waals surface area contributed by atoms with Gasteiger partial charge in [-0.15, -0.1) is 0 Å². The molecule has 7 heavy (non-hydrogen) atoms. The van der Waals surface area contributed by atoms with Crippen LogP contribution in [0, 0.1) is 0 Å². The van der Waals surface area contributed by atoms with Gasteiger partial charge in [0.2, 0.25) is 0 Å². The third-order valence-electron chi connectivity index (χ3n) is 0.665. The Hall–Kier alpha value is -0.0118. The first kappa shape index (κ1) is 5.13. The second-order valence-corrected chi connectivity index (χ2v) is 3.43. The quantitative estimate of drug-likeness (QED) is 0.319. The number of nitrogens with two attached hydrogens (primary N) is 1. The van der Waals surface area contributed by atoms with E-state index in [-0.39, 0.29) is 0 Å². The zero-order chi connectivity index (χ0) is 5.11. The van der Waals surface area contributed by atoms with Gasteiger partial charge in [0.1, 0.15) is 0 Å². The van der Waals surface area contributed by atoms with E-state index in [0.717, 1.165) is 5.70 Å². The van der Waals surface area contributed by atoms with Gasteiger partial charge < -0.3 is 0 Å². The van der Waals surface area contributed by atoms with Crippen molar-refractivity contribution >= 4 is 28.1 Å². The molecule has 0 atom stereocenters. The average Bonchev–Trinajstić information content (AvgIpc) is 2.14. The van der Waals surface area contributed by atoms with E-state index < -0.39 is 21.9 Å². The number of hydrazine groups is 1. The van der Waals surface area contributed by atoms with Crippen LogP contribution in [-0.2, 0) is 0 Å². The molecule has 0 bridgehead atoms. The normalized spacial score (nSPS) is 17.0. The zero-order valence-corrected chi connectivity index (χ0v) is 6.53. The summed E-state index contributed by atoms with van der Waals surface area (Å²) in [5.74, 6) is 5.05. The Morgan fingerprint density at radius 1 is 1.86 bits per heavy atom. The van der Waals surface area contributed by atoms with Crippen molar-refractivity contribution in [2.24, 2.45) is 8.99 Å². The first-order chi connectivity index (χ1) is 3.43. The standard InChI is InChI=1S/C3H5N3.Sb.H/c1-3(2-4)6-5;;/h1-2,6H,5H2;;/q-1;+1;. The monoisotopic (exact) mass is 205 g/mol. The maximum atomic E-state index is 5.05. The van der Waals surface area contributed by atoms with Crippen molar-refractivity contribution < 1.29 is 0 Å². The molecule has 1 heterocycles.